The number of rotatable bonds is 3. The Balaban J connectivity index is 1.93. The van der Waals surface area contributed by atoms with Gasteiger partial charge in [-0.05, 0) is 34.8 Å². The molecule has 0 radical (unpaired) electrons. The van der Waals surface area contributed by atoms with Gasteiger partial charge in [-0.1, -0.05) is 0 Å². The number of pyridine rings is 1. The second-order valence-corrected chi connectivity index (χ2v) is 5.03. The van der Waals surface area contributed by atoms with Crippen molar-refractivity contribution in [1.29, 1.82) is 0 Å². The summed E-state index contributed by atoms with van der Waals surface area (Å²) in [7, 11) is 0. The fourth-order valence-electron chi connectivity index (χ4n) is 1.68. The molecule has 0 amide bonds. The van der Waals surface area contributed by atoms with Crippen molar-refractivity contribution in [2.75, 3.05) is 0 Å². The topological polar surface area (TPSA) is 57.0 Å². The van der Waals surface area contributed by atoms with Crippen LogP contribution < -0.4 is 10.3 Å². The average Bonchev–Trinajstić information content (AvgIpc) is 3.16. The third-order valence-electron chi connectivity index (χ3n) is 2.67. The maximum atomic E-state index is 12.1. The van der Waals surface area contributed by atoms with Gasteiger partial charge in [0.1, 0.15) is 5.75 Å². The van der Waals surface area contributed by atoms with Crippen molar-refractivity contribution in [1.82, 2.24) is 14.5 Å². The minimum absolute atomic E-state index is 0.0873. The van der Waals surface area contributed by atoms with Gasteiger partial charge in [-0.25, -0.2) is 4.98 Å². The molecule has 0 aliphatic heterocycles. The van der Waals surface area contributed by atoms with Crippen molar-refractivity contribution >= 4 is 15.9 Å². The zero-order chi connectivity index (χ0) is 12.5. The molecule has 1 saturated carbocycles. The summed E-state index contributed by atoms with van der Waals surface area (Å²) >= 11 is 3.30. The van der Waals surface area contributed by atoms with Crippen LogP contribution in [0.15, 0.2) is 40.1 Å². The highest BCUT2D eigenvalue weighted by molar-refractivity contribution is 9.10. The third kappa shape index (κ3) is 2.28. The van der Waals surface area contributed by atoms with Gasteiger partial charge < -0.3 is 9.30 Å². The molecule has 2 aromatic rings. The molecule has 0 N–H and O–H groups in total. The molecule has 0 spiro atoms. The highest BCUT2D eigenvalue weighted by Crippen LogP contribution is 2.33. The summed E-state index contributed by atoms with van der Waals surface area (Å²) in [6, 6.07) is 2.05. The molecule has 1 fully saturated rings. The first kappa shape index (κ1) is 11.4. The Morgan fingerprint density at radius 2 is 2.22 bits per heavy atom. The van der Waals surface area contributed by atoms with Gasteiger partial charge in [-0.15, -0.1) is 0 Å². The van der Waals surface area contributed by atoms with Crippen molar-refractivity contribution in [2.24, 2.45) is 0 Å². The maximum absolute atomic E-state index is 12.1. The van der Waals surface area contributed by atoms with E-state index >= 15 is 0 Å². The molecule has 0 saturated heterocycles. The van der Waals surface area contributed by atoms with E-state index in [1.54, 1.807) is 35.4 Å². The molecular weight excluding hydrogens is 298 g/mol. The van der Waals surface area contributed by atoms with Crippen LogP contribution in [-0.2, 0) is 0 Å². The number of ether oxygens (including phenoxy) is 1. The second kappa shape index (κ2) is 4.53. The van der Waals surface area contributed by atoms with E-state index in [2.05, 4.69) is 25.9 Å². The fourth-order valence-corrected chi connectivity index (χ4v) is 2.02. The Morgan fingerprint density at radius 3 is 2.94 bits per heavy atom. The molecule has 1 aliphatic rings. The molecule has 6 heteroatoms. The average molecular weight is 308 g/mol. The van der Waals surface area contributed by atoms with Crippen molar-refractivity contribution < 1.29 is 4.74 Å². The molecule has 0 atom stereocenters. The molecule has 92 valence electrons. The summed E-state index contributed by atoms with van der Waals surface area (Å²) in [6.45, 7) is 0. The summed E-state index contributed by atoms with van der Waals surface area (Å²) < 4.78 is 7.94. The van der Waals surface area contributed by atoms with Gasteiger partial charge in [0.05, 0.1) is 6.20 Å². The van der Waals surface area contributed by atoms with Crippen molar-refractivity contribution in [3.63, 3.8) is 0 Å². The van der Waals surface area contributed by atoms with Gasteiger partial charge in [-0.2, -0.15) is 0 Å². The first-order valence-electron chi connectivity index (χ1n) is 5.59. The van der Waals surface area contributed by atoms with Gasteiger partial charge in [0, 0.05) is 29.1 Å². The van der Waals surface area contributed by atoms with Crippen LogP contribution in [0.1, 0.15) is 18.9 Å². The summed E-state index contributed by atoms with van der Waals surface area (Å²) in [5.41, 5.74) is -0.194. The van der Waals surface area contributed by atoms with Crippen LogP contribution in [0.3, 0.4) is 0 Å². The molecule has 5 nitrogen and oxygen atoms in total. The molecule has 3 rings (SSSR count). The van der Waals surface area contributed by atoms with Crippen molar-refractivity contribution in [3.8, 4) is 11.6 Å². The normalized spacial score (nSPS) is 14.5. The SMILES string of the molecule is O=c1c(Oc2cncc(Br)c2)nccn1C1CC1. The van der Waals surface area contributed by atoms with E-state index in [0.717, 1.165) is 17.3 Å². The highest BCUT2D eigenvalue weighted by atomic mass is 79.9. The zero-order valence-corrected chi connectivity index (χ0v) is 11.0. The maximum Gasteiger partial charge on any atom is 0.313 e. The van der Waals surface area contributed by atoms with Crippen LogP contribution in [0.4, 0.5) is 0 Å². The Morgan fingerprint density at radius 1 is 1.39 bits per heavy atom. The van der Waals surface area contributed by atoms with Crippen LogP contribution in [0, 0.1) is 0 Å². The molecule has 2 aromatic heterocycles. The number of halogens is 1. The summed E-state index contributed by atoms with van der Waals surface area (Å²) in [5.74, 6) is 0.576. The summed E-state index contributed by atoms with van der Waals surface area (Å²) in [6.07, 6.45) is 8.56. The van der Waals surface area contributed by atoms with Gasteiger partial charge in [0.2, 0.25) is 0 Å². The number of hydrogen-bond acceptors (Lipinski definition) is 4. The molecule has 1 aliphatic carbocycles. The Hall–Kier alpha value is -1.69. The fraction of sp³-hybridized carbons (Fsp3) is 0.250. The molecule has 2 heterocycles. The number of aromatic nitrogens is 3. The lowest BCUT2D eigenvalue weighted by atomic mass is 10.5. The van der Waals surface area contributed by atoms with Crippen LogP contribution in [0.25, 0.3) is 0 Å². The van der Waals surface area contributed by atoms with Crippen LogP contribution >= 0.6 is 15.9 Å². The first-order chi connectivity index (χ1) is 8.74. The van der Waals surface area contributed by atoms with Gasteiger partial charge >= 0.3 is 5.56 Å². The van der Waals surface area contributed by atoms with Gasteiger partial charge in [-0.3, -0.25) is 9.78 Å². The minimum Gasteiger partial charge on any atom is -0.433 e. The van der Waals surface area contributed by atoms with E-state index in [1.807, 2.05) is 0 Å². The predicted octanol–water partition coefficient (Wildman–Crippen LogP) is 2.53. The van der Waals surface area contributed by atoms with Crippen LogP contribution in [0.2, 0.25) is 0 Å². The Labute approximate surface area is 112 Å². The van der Waals surface area contributed by atoms with E-state index in [1.165, 1.54) is 0 Å². The number of nitrogens with zero attached hydrogens (tertiary/aromatic N) is 3. The van der Waals surface area contributed by atoms with Gasteiger partial charge in [0.15, 0.2) is 0 Å². The lowest BCUT2D eigenvalue weighted by Gasteiger charge is -2.07. The Kier molecular flexibility index (Phi) is 2.87. The summed E-state index contributed by atoms with van der Waals surface area (Å²) in [5, 5.41) is 0. The second-order valence-electron chi connectivity index (χ2n) is 4.12. The number of hydrogen-bond donors (Lipinski definition) is 0. The van der Waals surface area contributed by atoms with E-state index in [9.17, 15) is 4.79 Å². The largest absolute Gasteiger partial charge is 0.433 e. The van der Waals surface area contributed by atoms with Gasteiger partial charge in [0.25, 0.3) is 5.88 Å². The molecular formula is C12H10BrN3O2. The standard InChI is InChI=1S/C12H10BrN3O2/c13-8-5-10(7-14-6-8)18-11-12(17)16(4-3-15-11)9-1-2-9/h3-7,9H,1-2H2. The smallest absolute Gasteiger partial charge is 0.313 e. The van der Waals surface area contributed by atoms with E-state index in [-0.39, 0.29) is 11.4 Å². The first-order valence-corrected chi connectivity index (χ1v) is 6.39. The van der Waals surface area contributed by atoms with E-state index in [4.69, 9.17) is 4.74 Å². The van der Waals surface area contributed by atoms with Crippen LogP contribution in [-0.4, -0.2) is 14.5 Å². The summed E-state index contributed by atoms with van der Waals surface area (Å²) in [4.78, 5) is 20.0. The lowest BCUT2D eigenvalue weighted by molar-refractivity contribution is 0.442. The lowest BCUT2D eigenvalue weighted by Crippen LogP contribution is -2.20. The molecule has 18 heavy (non-hydrogen) atoms. The molecule has 0 aromatic carbocycles. The molecule has 0 bridgehead atoms. The van der Waals surface area contributed by atoms with Crippen molar-refractivity contribution in [3.05, 3.63) is 45.7 Å². The monoisotopic (exact) mass is 307 g/mol. The van der Waals surface area contributed by atoms with Crippen molar-refractivity contribution in [2.45, 2.75) is 18.9 Å². The quantitative estimate of drug-likeness (QED) is 0.874. The molecule has 0 unspecified atom stereocenters. The van der Waals surface area contributed by atoms with Crippen LogP contribution in [0.5, 0.6) is 11.6 Å². The predicted molar refractivity (Wildman–Crippen MR) is 68.8 cm³/mol. The third-order valence-corrected chi connectivity index (χ3v) is 3.10. The van der Waals surface area contributed by atoms with E-state index in [0.29, 0.717) is 11.8 Å². The highest BCUT2D eigenvalue weighted by Gasteiger charge is 2.25. The van der Waals surface area contributed by atoms with E-state index < -0.39 is 0 Å². The minimum atomic E-state index is -0.194. The Bertz CT molecular complexity index is 637. The zero-order valence-electron chi connectivity index (χ0n) is 9.41.